The van der Waals surface area contributed by atoms with Gasteiger partial charge in [0.05, 0.1) is 24.4 Å². The lowest BCUT2D eigenvalue weighted by Gasteiger charge is -2.40. The second-order valence-corrected chi connectivity index (χ2v) is 12.8. The largest absolute Gasteiger partial charge is 0.492 e. The number of amides is 2. The molecule has 1 aliphatic heterocycles. The van der Waals surface area contributed by atoms with Gasteiger partial charge in [-0.2, -0.15) is 23.3 Å². The summed E-state index contributed by atoms with van der Waals surface area (Å²) in [6.45, 7) is 5.40. The number of halogens is 4. The summed E-state index contributed by atoms with van der Waals surface area (Å²) in [6, 6.07) is 7.57. The average Bonchev–Trinajstić information content (AvgIpc) is 3.61. The lowest BCUT2D eigenvalue weighted by Crippen LogP contribution is -2.61. The zero-order valence-electron chi connectivity index (χ0n) is 25.1. The Kier molecular flexibility index (Phi) is 9.20. The van der Waals surface area contributed by atoms with Gasteiger partial charge < -0.3 is 14.7 Å². The Labute approximate surface area is 270 Å². The van der Waals surface area contributed by atoms with Gasteiger partial charge in [-0.1, -0.05) is 35.1 Å². The van der Waals surface area contributed by atoms with Crippen LogP contribution < -0.4 is 10.4 Å². The van der Waals surface area contributed by atoms with Crippen LogP contribution in [0.15, 0.2) is 42.6 Å². The van der Waals surface area contributed by atoms with Gasteiger partial charge in [0, 0.05) is 35.6 Å². The average molecular weight is 679 g/mol. The maximum atomic E-state index is 14.1. The molecule has 16 heteroatoms. The number of benzene rings is 2. The minimum absolute atomic E-state index is 0.0315. The summed E-state index contributed by atoms with van der Waals surface area (Å²) < 4.78 is 47.7. The number of nitrogens with zero attached hydrogens (tertiary/aromatic N) is 4. The number of H-pyrrole nitrogens is 1. The number of hydroxylamine groups is 1. The van der Waals surface area contributed by atoms with Crippen LogP contribution in [0.4, 0.5) is 23.1 Å². The van der Waals surface area contributed by atoms with E-state index < -0.39 is 41.3 Å². The standard InChI is InChI=1S/C30H30ClF3N6O5S/c1-29(2,3)45-28(43)40-10-9-39(15-23(40)25(41)38-44-4)27-36-26(42)24(46-27)20(16-6-8-22-18(11-16)14-35-37-22)12-17-5-7-19(31)13-21(17)30(32,33)34/h5-8,11-14,23,42H,9-10,15H2,1-4H3,(H,35,37)(H,38,41). The zero-order chi connectivity index (χ0) is 33.4. The van der Waals surface area contributed by atoms with E-state index in [0.29, 0.717) is 16.5 Å². The van der Waals surface area contributed by atoms with Gasteiger partial charge in [0.15, 0.2) is 5.13 Å². The molecule has 0 radical (unpaired) electrons. The molecule has 2 aromatic carbocycles. The molecule has 1 atom stereocenters. The smallest absolute Gasteiger partial charge is 0.417 e. The van der Waals surface area contributed by atoms with Gasteiger partial charge in [-0.15, -0.1) is 0 Å². The number of piperazine rings is 1. The Bertz CT molecular complexity index is 1800. The van der Waals surface area contributed by atoms with E-state index in [0.717, 1.165) is 17.4 Å². The SMILES string of the molecule is CONC(=O)C1CN(c2nc(O)c(C(=Cc3ccc(Cl)cc3C(F)(F)F)c3ccc4[nH]ncc4c3)s2)CCN1C(=O)OC(C)(C)C. The molecule has 2 aromatic heterocycles. The van der Waals surface area contributed by atoms with Gasteiger partial charge >= 0.3 is 12.3 Å². The van der Waals surface area contributed by atoms with Gasteiger partial charge in [0.25, 0.3) is 5.91 Å². The molecule has 0 bridgehead atoms. The summed E-state index contributed by atoms with van der Waals surface area (Å²) in [4.78, 5) is 38.2. The van der Waals surface area contributed by atoms with E-state index in [-0.39, 0.29) is 45.8 Å². The Morgan fingerprint density at radius 3 is 2.63 bits per heavy atom. The van der Waals surface area contributed by atoms with Crippen LogP contribution in [-0.2, 0) is 20.5 Å². The molecule has 1 unspecified atom stereocenters. The van der Waals surface area contributed by atoms with Crippen molar-refractivity contribution in [1.82, 2.24) is 25.6 Å². The fourth-order valence-corrected chi connectivity index (χ4v) is 6.15. The number of hydrogen-bond acceptors (Lipinski definition) is 9. The second kappa shape index (κ2) is 12.8. The van der Waals surface area contributed by atoms with E-state index in [4.69, 9.17) is 21.2 Å². The summed E-state index contributed by atoms with van der Waals surface area (Å²) in [5, 5.41) is 18.9. The van der Waals surface area contributed by atoms with Gasteiger partial charge in [0.1, 0.15) is 16.5 Å². The lowest BCUT2D eigenvalue weighted by molar-refractivity contribution is -0.138. The number of carbonyl (C=O) groups is 2. The summed E-state index contributed by atoms with van der Waals surface area (Å²) in [7, 11) is 1.26. The van der Waals surface area contributed by atoms with E-state index in [2.05, 4.69) is 20.7 Å². The van der Waals surface area contributed by atoms with Crippen molar-refractivity contribution in [3.05, 3.63) is 69.2 Å². The van der Waals surface area contributed by atoms with Crippen molar-refractivity contribution >= 4 is 62.6 Å². The molecule has 46 heavy (non-hydrogen) atoms. The van der Waals surface area contributed by atoms with Crippen LogP contribution in [0.3, 0.4) is 0 Å². The highest BCUT2D eigenvalue weighted by Crippen LogP contribution is 2.43. The first-order chi connectivity index (χ1) is 21.6. The van der Waals surface area contributed by atoms with Crippen LogP contribution in [0.25, 0.3) is 22.6 Å². The molecule has 244 valence electrons. The van der Waals surface area contributed by atoms with Crippen molar-refractivity contribution in [2.24, 2.45) is 0 Å². The molecule has 1 saturated heterocycles. The van der Waals surface area contributed by atoms with E-state index >= 15 is 0 Å². The third-order valence-corrected chi connectivity index (χ3v) is 8.37. The number of aromatic nitrogens is 3. The fourth-order valence-electron chi connectivity index (χ4n) is 4.95. The third-order valence-electron chi connectivity index (χ3n) is 7.00. The first-order valence-corrected chi connectivity index (χ1v) is 15.1. The molecule has 5 rings (SSSR count). The van der Waals surface area contributed by atoms with Gasteiger partial charge in [-0.3, -0.25) is 19.6 Å². The summed E-state index contributed by atoms with van der Waals surface area (Å²) >= 11 is 6.95. The number of anilines is 1. The van der Waals surface area contributed by atoms with Crippen LogP contribution in [0.5, 0.6) is 5.88 Å². The number of rotatable bonds is 6. The lowest BCUT2D eigenvalue weighted by atomic mass is 9.98. The van der Waals surface area contributed by atoms with Crippen molar-refractivity contribution in [3.8, 4) is 5.88 Å². The predicted molar refractivity (Wildman–Crippen MR) is 167 cm³/mol. The highest BCUT2D eigenvalue weighted by molar-refractivity contribution is 7.17. The Hall–Kier alpha value is -4.34. The molecule has 0 aliphatic carbocycles. The third kappa shape index (κ3) is 7.21. The zero-order valence-corrected chi connectivity index (χ0v) is 26.7. The van der Waals surface area contributed by atoms with Crippen molar-refractivity contribution in [2.75, 3.05) is 31.6 Å². The quantitative estimate of drug-likeness (QED) is 0.165. The van der Waals surface area contributed by atoms with Crippen molar-refractivity contribution < 1.29 is 37.4 Å². The number of thiazole rings is 1. The molecule has 3 N–H and O–H groups in total. The van der Waals surface area contributed by atoms with Gasteiger partial charge in [-0.05, 0) is 62.2 Å². The topological polar surface area (TPSA) is 133 Å². The van der Waals surface area contributed by atoms with Crippen molar-refractivity contribution in [2.45, 2.75) is 38.6 Å². The molecule has 1 fully saturated rings. The number of hydrogen-bond donors (Lipinski definition) is 3. The number of nitrogens with one attached hydrogen (secondary N) is 2. The van der Waals surface area contributed by atoms with Crippen molar-refractivity contribution in [1.29, 1.82) is 0 Å². The Morgan fingerprint density at radius 1 is 1.17 bits per heavy atom. The molecular weight excluding hydrogens is 649 g/mol. The monoisotopic (exact) mass is 678 g/mol. The molecule has 1 aliphatic rings. The molecule has 11 nitrogen and oxygen atoms in total. The molecule has 4 aromatic rings. The molecular formula is C30H30ClF3N6O5S. The molecule has 2 amide bonds. The summed E-state index contributed by atoms with van der Waals surface area (Å²) in [5.74, 6) is -1.02. The normalized spacial score (nSPS) is 16.2. The minimum atomic E-state index is -4.71. The summed E-state index contributed by atoms with van der Waals surface area (Å²) in [5.41, 5.74) is 1.80. The number of aromatic hydroxyl groups is 1. The maximum Gasteiger partial charge on any atom is 0.417 e. The minimum Gasteiger partial charge on any atom is -0.492 e. The molecule has 0 spiro atoms. The first-order valence-electron chi connectivity index (χ1n) is 13.9. The van der Waals surface area contributed by atoms with Crippen LogP contribution in [0.2, 0.25) is 5.02 Å². The molecule has 0 saturated carbocycles. The Morgan fingerprint density at radius 2 is 1.93 bits per heavy atom. The number of carbonyl (C=O) groups excluding carboxylic acids is 2. The number of alkyl halides is 3. The van der Waals surface area contributed by atoms with Crippen LogP contribution in [0.1, 0.15) is 42.3 Å². The maximum absolute atomic E-state index is 14.1. The number of aromatic amines is 1. The van der Waals surface area contributed by atoms with Gasteiger partial charge in [0.2, 0.25) is 5.88 Å². The Balaban J connectivity index is 1.56. The van der Waals surface area contributed by atoms with Gasteiger partial charge in [-0.25, -0.2) is 10.3 Å². The van der Waals surface area contributed by atoms with Crippen molar-refractivity contribution in [3.63, 3.8) is 0 Å². The van der Waals surface area contributed by atoms with Crippen LogP contribution in [0, 0.1) is 0 Å². The fraction of sp³-hybridized carbons (Fsp3) is 0.333. The number of fused-ring (bicyclic) bond motifs is 1. The second-order valence-electron chi connectivity index (χ2n) is 11.4. The summed E-state index contributed by atoms with van der Waals surface area (Å²) in [6.07, 6.45) is -2.49. The van der Waals surface area contributed by atoms with E-state index in [1.807, 2.05) is 0 Å². The number of ether oxygens (including phenoxy) is 1. The van der Waals surface area contributed by atoms with Crippen LogP contribution in [-0.4, -0.2) is 75.6 Å². The highest BCUT2D eigenvalue weighted by Gasteiger charge is 2.39. The van der Waals surface area contributed by atoms with Crippen LogP contribution >= 0.6 is 22.9 Å². The first kappa shape index (κ1) is 33.0. The van der Waals surface area contributed by atoms with E-state index in [1.165, 1.54) is 30.2 Å². The van der Waals surface area contributed by atoms with E-state index in [9.17, 15) is 27.9 Å². The molecule has 3 heterocycles. The predicted octanol–water partition coefficient (Wildman–Crippen LogP) is 6.09. The van der Waals surface area contributed by atoms with E-state index in [1.54, 1.807) is 50.1 Å². The highest BCUT2D eigenvalue weighted by atomic mass is 35.5.